The maximum Gasteiger partial charge on any atom is 0.308 e. The minimum atomic E-state index is -0.839. The standard InChI is InChI=1S/C24H40O5/c1-4-5-6-7-8-9-10-11-12-13-14-15-16-17-19-24(27-3)20-18-22(28-29-24)21-23(25)26-2/h4-7,18,20,22H,8-17,19,21H2,1-3H3/b5-4+,7-6+/t22-,24+/m1/s1. The summed E-state index contributed by atoms with van der Waals surface area (Å²) in [7, 11) is 2.98. The molecular formula is C24H40O5. The van der Waals surface area contributed by atoms with E-state index in [-0.39, 0.29) is 12.4 Å². The molecule has 0 saturated heterocycles. The maximum absolute atomic E-state index is 11.3. The molecule has 0 spiro atoms. The fraction of sp³-hybridized carbons (Fsp3) is 0.708. The first-order valence-electron chi connectivity index (χ1n) is 11.1. The van der Waals surface area contributed by atoms with Crippen LogP contribution in [0.15, 0.2) is 36.5 Å². The third-order valence-corrected chi connectivity index (χ3v) is 5.15. The van der Waals surface area contributed by atoms with Gasteiger partial charge in [0.15, 0.2) is 0 Å². The van der Waals surface area contributed by atoms with Gasteiger partial charge in [-0.1, -0.05) is 75.3 Å². The van der Waals surface area contributed by atoms with E-state index in [0.717, 1.165) is 19.3 Å². The summed E-state index contributed by atoms with van der Waals surface area (Å²) >= 11 is 0. The highest BCUT2D eigenvalue weighted by atomic mass is 17.2. The van der Waals surface area contributed by atoms with Gasteiger partial charge >= 0.3 is 5.97 Å². The zero-order valence-corrected chi connectivity index (χ0v) is 18.6. The Kier molecular flexibility index (Phi) is 14.5. The maximum atomic E-state index is 11.3. The van der Waals surface area contributed by atoms with E-state index in [1.165, 1.54) is 58.5 Å². The molecule has 0 radical (unpaired) electrons. The number of carbonyl (C=O) groups is 1. The molecule has 0 aliphatic carbocycles. The Morgan fingerprint density at radius 3 is 2.21 bits per heavy atom. The van der Waals surface area contributed by atoms with Crippen LogP contribution in [-0.2, 0) is 24.0 Å². The molecule has 5 heteroatoms. The topological polar surface area (TPSA) is 54.0 Å². The van der Waals surface area contributed by atoms with Crippen molar-refractivity contribution in [1.29, 1.82) is 0 Å². The summed E-state index contributed by atoms with van der Waals surface area (Å²) in [6.45, 7) is 2.04. The molecule has 1 rings (SSSR count). The van der Waals surface area contributed by atoms with Gasteiger partial charge in [0.25, 0.3) is 0 Å². The summed E-state index contributed by atoms with van der Waals surface area (Å²) in [5.41, 5.74) is 0. The predicted molar refractivity (Wildman–Crippen MR) is 116 cm³/mol. The molecule has 0 aromatic heterocycles. The van der Waals surface area contributed by atoms with Crippen LogP contribution in [0.4, 0.5) is 0 Å². The lowest BCUT2D eigenvalue weighted by molar-refractivity contribution is -0.428. The number of rotatable bonds is 16. The van der Waals surface area contributed by atoms with Gasteiger partial charge in [-0.05, 0) is 32.3 Å². The first kappa shape index (κ1) is 25.6. The van der Waals surface area contributed by atoms with Crippen LogP contribution in [0.2, 0.25) is 0 Å². The van der Waals surface area contributed by atoms with Crippen LogP contribution in [0, 0.1) is 0 Å². The van der Waals surface area contributed by atoms with Crippen LogP contribution in [0.3, 0.4) is 0 Å². The number of methoxy groups -OCH3 is 2. The molecule has 0 unspecified atom stereocenters. The minimum absolute atomic E-state index is 0.139. The average molecular weight is 409 g/mol. The summed E-state index contributed by atoms with van der Waals surface area (Å²) in [6.07, 6.45) is 25.2. The van der Waals surface area contributed by atoms with E-state index < -0.39 is 11.9 Å². The molecule has 2 atom stereocenters. The number of unbranched alkanes of at least 4 members (excludes halogenated alkanes) is 9. The summed E-state index contributed by atoms with van der Waals surface area (Å²) in [5, 5.41) is 0. The fourth-order valence-corrected chi connectivity index (χ4v) is 3.29. The van der Waals surface area contributed by atoms with Crippen molar-refractivity contribution < 1.29 is 24.0 Å². The Balaban J connectivity index is 2.03. The van der Waals surface area contributed by atoms with E-state index in [9.17, 15) is 4.79 Å². The quantitative estimate of drug-likeness (QED) is 0.1000. The van der Waals surface area contributed by atoms with Gasteiger partial charge in [0.05, 0.1) is 13.5 Å². The van der Waals surface area contributed by atoms with Crippen LogP contribution in [0.1, 0.15) is 84.0 Å². The van der Waals surface area contributed by atoms with Crippen molar-refractivity contribution in [3.05, 3.63) is 36.5 Å². The predicted octanol–water partition coefficient (Wildman–Crippen LogP) is 6.20. The summed E-state index contributed by atoms with van der Waals surface area (Å²) in [4.78, 5) is 22.1. The van der Waals surface area contributed by atoms with Crippen molar-refractivity contribution in [2.45, 2.75) is 95.9 Å². The number of hydrogen-bond acceptors (Lipinski definition) is 5. The lowest BCUT2D eigenvalue weighted by Gasteiger charge is -2.32. The summed E-state index contributed by atoms with van der Waals surface area (Å²) < 4.78 is 10.2. The van der Waals surface area contributed by atoms with E-state index >= 15 is 0 Å². The minimum Gasteiger partial charge on any atom is -0.469 e. The second-order valence-electron chi connectivity index (χ2n) is 7.55. The zero-order chi connectivity index (χ0) is 21.2. The van der Waals surface area contributed by atoms with Gasteiger partial charge in [-0.2, -0.15) is 4.89 Å². The lowest BCUT2D eigenvalue weighted by atomic mass is 10.0. The smallest absolute Gasteiger partial charge is 0.308 e. The molecule has 0 aromatic rings. The number of allylic oxidation sites excluding steroid dienone is 4. The molecule has 0 aromatic carbocycles. The second kappa shape index (κ2) is 16.4. The molecule has 1 aliphatic rings. The van der Waals surface area contributed by atoms with Crippen LogP contribution in [0.5, 0.6) is 0 Å². The number of hydrogen-bond donors (Lipinski definition) is 0. The van der Waals surface area contributed by atoms with Crippen molar-refractivity contribution in [3.63, 3.8) is 0 Å². The Morgan fingerprint density at radius 1 is 1.00 bits per heavy atom. The molecule has 5 nitrogen and oxygen atoms in total. The van der Waals surface area contributed by atoms with Crippen LogP contribution < -0.4 is 0 Å². The molecule has 0 saturated carbocycles. The Bertz CT molecular complexity index is 511. The highest BCUT2D eigenvalue weighted by Crippen LogP contribution is 2.28. The molecule has 166 valence electrons. The zero-order valence-electron chi connectivity index (χ0n) is 18.6. The molecule has 0 amide bonds. The van der Waals surface area contributed by atoms with Gasteiger partial charge in [-0.25, -0.2) is 4.89 Å². The number of ether oxygens (including phenoxy) is 2. The van der Waals surface area contributed by atoms with Gasteiger partial charge in [0, 0.05) is 13.5 Å². The van der Waals surface area contributed by atoms with E-state index in [4.69, 9.17) is 14.5 Å². The van der Waals surface area contributed by atoms with Gasteiger partial charge in [-0.15, -0.1) is 0 Å². The molecule has 1 heterocycles. The Morgan fingerprint density at radius 2 is 1.66 bits per heavy atom. The second-order valence-corrected chi connectivity index (χ2v) is 7.55. The molecule has 29 heavy (non-hydrogen) atoms. The third-order valence-electron chi connectivity index (χ3n) is 5.15. The first-order valence-corrected chi connectivity index (χ1v) is 11.1. The van der Waals surface area contributed by atoms with Crippen LogP contribution in [0.25, 0.3) is 0 Å². The van der Waals surface area contributed by atoms with Crippen molar-refractivity contribution >= 4 is 5.97 Å². The summed E-state index contributed by atoms with van der Waals surface area (Å²) in [6, 6.07) is 0. The fourth-order valence-electron chi connectivity index (χ4n) is 3.29. The highest BCUT2D eigenvalue weighted by molar-refractivity contribution is 5.70. The SMILES string of the molecule is C/C=C/C=C/CCCCCCCCCCC[C@@]1(OC)C=C[C@H](CC(=O)OC)OO1. The van der Waals surface area contributed by atoms with Crippen molar-refractivity contribution in [2.24, 2.45) is 0 Å². The van der Waals surface area contributed by atoms with Crippen LogP contribution >= 0.6 is 0 Å². The molecular weight excluding hydrogens is 368 g/mol. The number of esters is 1. The molecule has 0 fully saturated rings. The average Bonchev–Trinajstić information content (AvgIpc) is 2.75. The summed E-state index contributed by atoms with van der Waals surface area (Å²) in [5.74, 6) is -1.16. The van der Waals surface area contributed by atoms with Gasteiger partial charge in [-0.3, -0.25) is 4.79 Å². The van der Waals surface area contributed by atoms with Gasteiger partial charge < -0.3 is 9.47 Å². The largest absolute Gasteiger partial charge is 0.469 e. The van der Waals surface area contributed by atoms with Crippen molar-refractivity contribution in [3.8, 4) is 0 Å². The molecule has 1 aliphatic heterocycles. The Hall–Kier alpha value is -1.43. The molecule has 0 bridgehead atoms. The van der Waals surface area contributed by atoms with Crippen molar-refractivity contribution in [2.75, 3.05) is 14.2 Å². The lowest BCUT2D eigenvalue weighted by Crippen LogP contribution is -2.38. The van der Waals surface area contributed by atoms with Gasteiger partial charge in [0.2, 0.25) is 5.79 Å². The van der Waals surface area contributed by atoms with Crippen molar-refractivity contribution in [1.82, 2.24) is 0 Å². The first-order chi connectivity index (χ1) is 14.2. The van der Waals surface area contributed by atoms with E-state index in [0.29, 0.717) is 0 Å². The van der Waals surface area contributed by atoms with E-state index in [2.05, 4.69) is 29.0 Å². The van der Waals surface area contributed by atoms with Crippen LogP contribution in [-0.4, -0.2) is 32.1 Å². The third kappa shape index (κ3) is 12.0. The highest BCUT2D eigenvalue weighted by Gasteiger charge is 2.34. The molecule has 0 N–H and O–H groups in total. The Labute approximate surface area is 177 Å². The van der Waals surface area contributed by atoms with E-state index in [1.54, 1.807) is 7.11 Å². The van der Waals surface area contributed by atoms with Gasteiger partial charge in [0.1, 0.15) is 6.10 Å². The number of carbonyl (C=O) groups excluding carboxylic acids is 1. The normalized spacial score (nSPS) is 22.0. The monoisotopic (exact) mass is 408 g/mol. The van der Waals surface area contributed by atoms with E-state index in [1.807, 2.05) is 19.1 Å².